The van der Waals surface area contributed by atoms with Gasteiger partial charge < -0.3 is 9.64 Å². The van der Waals surface area contributed by atoms with Crippen molar-refractivity contribution in [3.8, 4) is 11.5 Å². The SMILES string of the molecule is CC/C(C)=c1\ccc2c(c1)Oc1cc(N(CC)CC)ccc1C=2c1ccc(S(=O)(=O)O)cc1S(=O)(=O)O. The molecule has 0 spiro atoms. The van der Waals surface area contributed by atoms with Crippen molar-refractivity contribution < 1.29 is 30.7 Å². The summed E-state index contributed by atoms with van der Waals surface area (Å²) < 4.78 is 74.2. The Hall–Kier alpha value is -3.18. The van der Waals surface area contributed by atoms with Crippen LogP contribution in [-0.2, 0) is 20.2 Å². The molecule has 0 unspecified atom stereocenters. The lowest BCUT2D eigenvalue weighted by Gasteiger charge is -2.26. The van der Waals surface area contributed by atoms with Crippen molar-refractivity contribution in [2.24, 2.45) is 0 Å². The van der Waals surface area contributed by atoms with Gasteiger partial charge in [-0.05, 0) is 68.8 Å². The van der Waals surface area contributed by atoms with E-state index in [2.05, 4.69) is 4.90 Å². The molecule has 0 aliphatic carbocycles. The molecule has 1 aliphatic heterocycles. The molecule has 4 rings (SSSR count). The highest BCUT2D eigenvalue weighted by Crippen LogP contribution is 2.40. The molecule has 1 heterocycles. The highest BCUT2D eigenvalue weighted by Gasteiger charge is 2.28. The van der Waals surface area contributed by atoms with Crippen LogP contribution in [0.2, 0.25) is 0 Å². The van der Waals surface area contributed by atoms with E-state index in [4.69, 9.17) is 4.74 Å². The van der Waals surface area contributed by atoms with Crippen LogP contribution in [0.1, 0.15) is 45.2 Å². The van der Waals surface area contributed by atoms with Crippen LogP contribution in [0.4, 0.5) is 5.69 Å². The molecule has 0 fully saturated rings. The van der Waals surface area contributed by atoms with Crippen LogP contribution in [0, 0.1) is 0 Å². The van der Waals surface area contributed by atoms with Crippen molar-refractivity contribution >= 4 is 37.1 Å². The Morgan fingerprint density at radius 1 is 0.811 bits per heavy atom. The summed E-state index contributed by atoms with van der Waals surface area (Å²) in [6.45, 7) is 9.71. The largest absolute Gasteiger partial charge is 0.456 e. The van der Waals surface area contributed by atoms with Crippen molar-refractivity contribution in [3.63, 3.8) is 0 Å². The average Bonchev–Trinajstić information content (AvgIpc) is 2.85. The summed E-state index contributed by atoms with van der Waals surface area (Å²) in [6, 6.07) is 14.4. The van der Waals surface area contributed by atoms with Gasteiger partial charge in [0.25, 0.3) is 20.2 Å². The first kappa shape index (κ1) is 26.9. The third kappa shape index (κ3) is 5.15. The maximum atomic E-state index is 12.4. The second-order valence-corrected chi connectivity index (χ2v) is 11.6. The fourth-order valence-corrected chi connectivity index (χ4v) is 5.81. The number of hydrogen-bond donors (Lipinski definition) is 2. The number of rotatable bonds is 7. The lowest BCUT2D eigenvalue weighted by atomic mass is 9.92. The zero-order valence-corrected chi connectivity index (χ0v) is 22.6. The quantitative estimate of drug-likeness (QED) is 0.336. The van der Waals surface area contributed by atoms with Gasteiger partial charge in [-0.3, -0.25) is 9.11 Å². The van der Waals surface area contributed by atoms with Crippen molar-refractivity contribution in [2.45, 2.75) is 43.9 Å². The highest BCUT2D eigenvalue weighted by atomic mass is 32.2. The number of benzene rings is 3. The minimum atomic E-state index is -4.88. The van der Waals surface area contributed by atoms with E-state index in [1.807, 2.05) is 64.1 Å². The summed E-state index contributed by atoms with van der Waals surface area (Å²) in [5.74, 6) is 1.00. The molecule has 0 saturated carbocycles. The lowest BCUT2D eigenvalue weighted by Crippen LogP contribution is -2.24. The Morgan fingerprint density at radius 2 is 1.49 bits per heavy atom. The van der Waals surface area contributed by atoms with Gasteiger partial charge in [0.15, 0.2) is 0 Å². The Morgan fingerprint density at radius 3 is 2.08 bits per heavy atom. The summed E-state index contributed by atoms with van der Waals surface area (Å²) in [5.41, 5.74) is 3.19. The van der Waals surface area contributed by atoms with E-state index >= 15 is 0 Å². The first-order valence-corrected chi connectivity index (χ1v) is 14.8. The van der Waals surface area contributed by atoms with E-state index in [0.29, 0.717) is 27.9 Å². The predicted octanol–water partition coefficient (Wildman–Crippen LogP) is 3.96. The van der Waals surface area contributed by atoms with Crippen molar-refractivity contribution in [1.82, 2.24) is 0 Å². The van der Waals surface area contributed by atoms with Gasteiger partial charge in [0.2, 0.25) is 0 Å². The standard InChI is InChI=1S/C27H29NO7S2/c1-5-17(4)18-8-11-21-24(14-18)35-25-15-19(28(6-2)7-3)9-12-22(25)27(21)23-13-10-20(36(29,30)31)16-26(23)37(32,33)34/h8-16H,5-7H2,1-4H3,(H,29,30,31)(H,32,33,34)/b18-17+. The lowest BCUT2D eigenvalue weighted by molar-refractivity contribution is 0.470. The molecule has 3 aromatic carbocycles. The zero-order valence-electron chi connectivity index (χ0n) is 21.0. The van der Waals surface area contributed by atoms with Gasteiger partial charge in [0, 0.05) is 46.8 Å². The zero-order chi connectivity index (χ0) is 27.1. The smallest absolute Gasteiger partial charge is 0.295 e. The topological polar surface area (TPSA) is 121 Å². The van der Waals surface area contributed by atoms with Crippen LogP contribution in [0.5, 0.6) is 11.5 Å². The van der Waals surface area contributed by atoms with Crippen LogP contribution < -0.4 is 20.1 Å². The first-order chi connectivity index (χ1) is 17.4. The first-order valence-electron chi connectivity index (χ1n) is 11.9. The molecular weight excluding hydrogens is 514 g/mol. The number of anilines is 1. The van der Waals surface area contributed by atoms with Gasteiger partial charge in [0.05, 0.1) is 4.90 Å². The van der Waals surface area contributed by atoms with Crippen LogP contribution in [-0.4, -0.2) is 39.0 Å². The van der Waals surface area contributed by atoms with Crippen LogP contribution in [0.3, 0.4) is 0 Å². The Labute approximate surface area is 217 Å². The fourth-order valence-electron chi connectivity index (χ4n) is 4.51. The summed E-state index contributed by atoms with van der Waals surface area (Å²) in [7, 11) is -9.59. The molecule has 37 heavy (non-hydrogen) atoms. The Bertz CT molecular complexity index is 1720. The molecule has 196 valence electrons. The Kier molecular flexibility index (Phi) is 7.22. The maximum Gasteiger partial charge on any atom is 0.295 e. The number of fused-ring (bicyclic) bond motifs is 2. The van der Waals surface area contributed by atoms with Gasteiger partial charge in [-0.25, -0.2) is 0 Å². The number of ether oxygens (including phenoxy) is 1. The summed E-state index contributed by atoms with van der Waals surface area (Å²) >= 11 is 0. The van der Waals surface area contributed by atoms with Crippen molar-refractivity contribution in [3.05, 3.63) is 76.2 Å². The molecule has 0 saturated heterocycles. The van der Waals surface area contributed by atoms with Gasteiger partial charge >= 0.3 is 0 Å². The molecular formula is C27H29NO7S2. The second kappa shape index (κ2) is 9.94. The predicted molar refractivity (Wildman–Crippen MR) is 143 cm³/mol. The van der Waals surface area contributed by atoms with E-state index in [1.54, 1.807) is 0 Å². The maximum absolute atomic E-state index is 12.4. The fraction of sp³-hybridized carbons (Fsp3) is 0.259. The molecule has 3 aromatic rings. The minimum Gasteiger partial charge on any atom is -0.456 e. The molecule has 0 radical (unpaired) electrons. The summed E-state index contributed by atoms with van der Waals surface area (Å²) in [5, 5.41) is 1.56. The molecule has 0 aromatic heterocycles. The molecule has 8 nitrogen and oxygen atoms in total. The summed E-state index contributed by atoms with van der Waals surface area (Å²) in [6.07, 6.45) is 0.835. The number of nitrogens with zero attached hydrogens (tertiary/aromatic N) is 1. The minimum absolute atomic E-state index is 0.0835. The molecule has 10 heteroatoms. The summed E-state index contributed by atoms with van der Waals surface area (Å²) in [4.78, 5) is 0.872. The van der Waals surface area contributed by atoms with E-state index < -0.39 is 30.0 Å². The third-order valence-corrected chi connectivity index (χ3v) is 8.40. The molecule has 0 atom stereocenters. The van der Waals surface area contributed by atoms with Crippen molar-refractivity contribution in [2.75, 3.05) is 18.0 Å². The van der Waals surface area contributed by atoms with E-state index in [-0.39, 0.29) is 5.56 Å². The van der Waals surface area contributed by atoms with Gasteiger partial charge in [-0.2, -0.15) is 16.8 Å². The number of hydrogen-bond acceptors (Lipinski definition) is 6. The van der Waals surface area contributed by atoms with Gasteiger partial charge in [0.1, 0.15) is 16.4 Å². The molecule has 1 aliphatic rings. The van der Waals surface area contributed by atoms with E-state index in [9.17, 15) is 25.9 Å². The van der Waals surface area contributed by atoms with E-state index in [0.717, 1.165) is 48.1 Å². The molecule has 0 bridgehead atoms. The Balaban J connectivity index is 2.14. The van der Waals surface area contributed by atoms with Gasteiger partial charge in [-0.1, -0.05) is 24.6 Å². The highest BCUT2D eigenvalue weighted by molar-refractivity contribution is 7.86. The van der Waals surface area contributed by atoms with Crippen LogP contribution in [0.25, 0.3) is 11.1 Å². The van der Waals surface area contributed by atoms with E-state index in [1.165, 1.54) is 6.07 Å². The average molecular weight is 544 g/mol. The second-order valence-electron chi connectivity index (χ2n) is 8.78. The van der Waals surface area contributed by atoms with Gasteiger partial charge in [-0.15, -0.1) is 0 Å². The van der Waals surface area contributed by atoms with Crippen molar-refractivity contribution in [1.29, 1.82) is 0 Å². The third-order valence-electron chi connectivity index (χ3n) is 6.66. The normalized spacial score (nSPS) is 13.9. The van der Waals surface area contributed by atoms with Crippen LogP contribution >= 0.6 is 0 Å². The molecule has 2 N–H and O–H groups in total. The van der Waals surface area contributed by atoms with Crippen LogP contribution in [0.15, 0.2) is 64.4 Å². The molecule has 0 amide bonds. The monoisotopic (exact) mass is 543 g/mol.